The van der Waals surface area contributed by atoms with Gasteiger partial charge in [0.25, 0.3) is 0 Å². The summed E-state index contributed by atoms with van der Waals surface area (Å²) in [4.78, 5) is 0. The van der Waals surface area contributed by atoms with Crippen LogP contribution in [0.1, 0.15) is 34.6 Å². The highest BCUT2D eigenvalue weighted by molar-refractivity contribution is 5.24. The Balaban J connectivity index is 0. The summed E-state index contributed by atoms with van der Waals surface area (Å²) in [5, 5.41) is 3.27. The summed E-state index contributed by atoms with van der Waals surface area (Å²) in [5.74, 6) is 0.475. The molecule has 0 rings (SSSR count). The highest BCUT2D eigenvalue weighted by atomic mass is 14.9. The zero-order valence-electron chi connectivity index (χ0n) is 11.5. The van der Waals surface area contributed by atoms with Gasteiger partial charge < -0.3 is 5.32 Å². The molecular formula is C15H27N. The van der Waals surface area contributed by atoms with Crippen LogP contribution in [0.3, 0.4) is 0 Å². The predicted octanol–water partition coefficient (Wildman–Crippen LogP) is 4.46. The molecule has 0 heterocycles. The Morgan fingerprint density at radius 1 is 1.31 bits per heavy atom. The molecule has 0 saturated carbocycles. The summed E-state index contributed by atoms with van der Waals surface area (Å²) >= 11 is 0. The van der Waals surface area contributed by atoms with Crippen LogP contribution in [0.5, 0.6) is 0 Å². The number of nitrogens with one attached hydrogen (secondary N) is 1. The first kappa shape index (κ1) is 17.2. The molecule has 0 aliphatic carbocycles. The molecule has 16 heavy (non-hydrogen) atoms. The van der Waals surface area contributed by atoms with Gasteiger partial charge in [0.15, 0.2) is 0 Å². The lowest BCUT2D eigenvalue weighted by molar-refractivity contribution is 0.680. The molecule has 0 saturated heterocycles. The van der Waals surface area contributed by atoms with Crippen molar-refractivity contribution in [1.29, 1.82) is 0 Å². The first-order chi connectivity index (χ1) is 7.61. The van der Waals surface area contributed by atoms with Gasteiger partial charge in [-0.2, -0.15) is 0 Å². The molecule has 0 atom stereocenters. The molecule has 0 aliphatic rings. The third-order valence-corrected chi connectivity index (χ3v) is 1.98. The molecule has 1 heteroatoms. The van der Waals surface area contributed by atoms with E-state index < -0.39 is 0 Å². The number of hydrogen-bond donors (Lipinski definition) is 1. The van der Waals surface area contributed by atoms with E-state index in [0.717, 1.165) is 12.2 Å². The minimum atomic E-state index is 0.475. The number of allylic oxidation sites excluding steroid dienone is 4. The molecular weight excluding hydrogens is 194 g/mol. The van der Waals surface area contributed by atoms with Crippen LogP contribution >= 0.6 is 0 Å². The summed E-state index contributed by atoms with van der Waals surface area (Å²) < 4.78 is 0. The van der Waals surface area contributed by atoms with Crippen molar-refractivity contribution in [3.8, 4) is 0 Å². The van der Waals surface area contributed by atoms with Gasteiger partial charge in [0.1, 0.15) is 0 Å². The molecule has 0 amide bonds. The quantitative estimate of drug-likeness (QED) is 0.653. The van der Waals surface area contributed by atoms with E-state index in [-0.39, 0.29) is 0 Å². The summed E-state index contributed by atoms with van der Waals surface area (Å²) in [7, 11) is 0. The average Bonchev–Trinajstić information content (AvgIpc) is 2.31. The van der Waals surface area contributed by atoms with Gasteiger partial charge in [-0.3, -0.25) is 0 Å². The maximum Gasteiger partial charge on any atom is 0.0397 e. The van der Waals surface area contributed by atoms with E-state index in [2.05, 4.69) is 32.3 Å². The second-order valence-electron chi connectivity index (χ2n) is 3.50. The molecule has 0 aromatic carbocycles. The number of rotatable bonds is 6. The molecule has 92 valence electrons. The molecule has 1 nitrogen and oxygen atoms in total. The predicted molar refractivity (Wildman–Crippen MR) is 76.4 cm³/mol. The Morgan fingerprint density at radius 3 is 2.25 bits per heavy atom. The van der Waals surface area contributed by atoms with Crippen molar-refractivity contribution in [1.82, 2.24) is 5.32 Å². The van der Waals surface area contributed by atoms with E-state index in [1.807, 2.05) is 45.1 Å². The van der Waals surface area contributed by atoms with Crippen molar-refractivity contribution in [2.75, 3.05) is 6.54 Å². The molecule has 0 unspecified atom stereocenters. The highest BCUT2D eigenvalue weighted by Crippen LogP contribution is 2.03. The molecule has 0 spiro atoms. The summed E-state index contributed by atoms with van der Waals surface area (Å²) in [6, 6.07) is 0. The molecule has 0 fully saturated rings. The third-order valence-electron chi connectivity index (χ3n) is 1.98. The van der Waals surface area contributed by atoms with Crippen molar-refractivity contribution < 1.29 is 0 Å². The Morgan fingerprint density at radius 2 is 1.88 bits per heavy atom. The minimum Gasteiger partial charge on any atom is -0.385 e. The molecule has 0 aromatic heterocycles. The zero-order valence-corrected chi connectivity index (χ0v) is 11.5. The van der Waals surface area contributed by atoms with Gasteiger partial charge in [-0.15, -0.1) is 0 Å². The standard InChI is InChI=1S/C13H21N.C2H6/c1-6-8-9-13(7-2)10-14-12(5)11(3)4;1-2/h6-9,11,14H,2,5,10H2,1,3-4H3;1-2H3/b8-6-,13-9+;. The van der Waals surface area contributed by atoms with Crippen LogP contribution in [0, 0.1) is 5.92 Å². The van der Waals surface area contributed by atoms with Gasteiger partial charge >= 0.3 is 0 Å². The molecule has 0 bridgehead atoms. The Kier molecular flexibility index (Phi) is 12.7. The van der Waals surface area contributed by atoms with Crippen molar-refractivity contribution >= 4 is 0 Å². The van der Waals surface area contributed by atoms with Gasteiger partial charge in [0.2, 0.25) is 0 Å². The topological polar surface area (TPSA) is 12.0 Å². The Bertz CT molecular complexity index is 244. The molecule has 0 aliphatic heterocycles. The van der Waals surface area contributed by atoms with Crippen LogP contribution in [0.15, 0.2) is 48.7 Å². The molecule has 1 N–H and O–H groups in total. The van der Waals surface area contributed by atoms with Crippen molar-refractivity contribution in [3.63, 3.8) is 0 Å². The van der Waals surface area contributed by atoms with Gasteiger partial charge in [-0.25, -0.2) is 0 Å². The van der Waals surface area contributed by atoms with Gasteiger partial charge in [0, 0.05) is 12.2 Å². The van der Waals surface area contributed by atoms with Crippen molar-refractivity contribution in [3.05, 3.63) is 48.7 Å². The van der Waals surface area contributed by atoms with Gasteiger partial charge in [-0.1, -0.05) is 65.2 Å². The van der Waals surface area contributed by atoms with Crippen LogP contribution in [0.4, 0.5) is 0 Å². The fourth-order valence-electron chi connectivity index (χ4n) is 0.839. The van der Waals surface area contributed by atoms with Crippen LogP contribution in [-0.2, 0) is 0 Å². The van der Waals surface area contributed by atoms with E-state index in [4.69, 9.17) is 0 Å². The Labute approximate surface area is 102 Å². The van der Waals surface area contributed by atoms with Crippen LogP contribution < -0.4 is 5.32 Å². The summed E-state index contributed by atoms with van der Waals surface area (Å²) in [6.45, 7) is 18.8. The minimum absolute atomic E-state index is 0.475. The van der Waals surface area contributed by atoms with Crippen LogP contribution in [0.25, 0.3) is 0 Å². The SMILES string of the molecule is C=C/C(=C\C=C/C)CNC(=C)C(C)C.CC. The highest BCUT2D eigenvalue weighted by Gasteiger charge is 1.98. The van der Waals surface area contributed by atoms with Gasteiger partial charge in [-0.05, 0) is 18.4 Å². The maximum atomic E-state index is 3.95. The largest absolute Gasteiger partial charge is 0.385 e. The lowest BCUT2D eigenvalue weighted by Crippen LogP contribution is -2.18. The van der Waals surface area contributed by atoms with E-state index in [1.54, 1.807) is 0 Å². The fraction of sp³-hybridized carbons (Fsp3) is 0.467. The van der Waals surface area contributed by atoms with Crippen LogP contribution in [-0.4, -0.2) is 6.54 Å². The molecule has 0 radical (unpaired) electrons. The Hall–Kier alpha value is -1.24. The van der Waals surface area contributed by atoms with Crippen molar-refractivity contribution in [2.45, 2.75) is 34.6 Å². The van der Waals surface area contributed by atoms with E-state index in [1.165, 1.54) is 5.57 Å². The van der Waals surface area contributed by atoms with E-state index in [9.17, 15) is 0 Å². The average molecular weight is 221 g/mol. The summed E-state index contributed by atoms with van der Waals surface area (Å²) in [6.07, 6.45) is 7.92. The maximum absolute atomic E-state index is 3.95. The number of hydrogen-bond acceptors (Lipinski definition) is 1. The first-order valence-corrected chi connectivity index (χ1v) is 5.98. The van der Waals surface area contributed by atoms with E-state index >= 15 is 0 Å². The molecule has 0 aromatic rings. The zero-order chi connectivity index (χ0) is 13.0. The summed E-state index contributed by atoms with van der Waals surface area (Å²) in [5.41, 5.74) is 2.24. The fourth-order valence-corrected chi connectivity index (χ4v) is 0.839. The first-order valence-electron chi connectivity index (χ1n) is 5.98. The third kappa shape index (κ3) is 9.32. The second-order valence-corrected chi connectivity index (χ2v) is 3.50. The second kappa shape index (κ2) is 11.8. The smallest absolute Gasteiger partial charge is 0.0397 e. The van der Waals surface area contributed by atoms with Crippen molar-refractivity contribution in [2.24, 2.45) is 5.92 Å². The lowest BCUT2D eigenvalue weighted by Gasteiger charge is -2.12. The van der Waals surface area contributed by atoms with Gasteiger partial charge in [0.05, 0.1) is 0 Å². The van der Waals surface area contributed by atoms with E-state index in [0.29, 0.717) is 5.92 Å². The monoisotopic (exact) mass is 221 g/mol. The van der Waals surface area contributed by atoms with Crippen LogP contribution in [0.2, 0.25) is 0 Å². The lowest BCUT2D eigenvalue weighted by atomic mass is 10.1. The normalized spacial score (nSPS) is 11.0.